The van der Waals surface area contributed by atoms with Gasteiger partial charge in [-0.3, -0.25) is 14.9 Å². The third kappa shape index (κ3) is 3.15. The van der Waals surface area contributed by atoms with Crippen molar-refractivity contribution in [1.29, 1.82) is 0 Å². The predicted octanol–water partition coefficient (Wildman–Crippen LogP) is 3.81. The Balaban J connectivity index is 1.49. The normalized spacial score (nSPS) is 13.6. The van der Waals surface area contributed by atoms with Crippen LogP contribution in [0.15, 0.2) is 52.1 Å². The number of non-ortho nitro benzene ring substituents is 1. The van der Waals surface area contributed by atoms with Gasteiger partial charge >= 0.3 is 0 Å². The van der Waals surface area contributed by atoms with Crippen LogP contribution in [0.5, 0.6) is 0 Å². The molecule has 1 aliphatic rings. The lowest BCUT2D eigenvalue weighted by Crippen LogP contribution is -2.36. The first-order valence-electron chi connectivity index (χ1n) is 8.18. The van der Waals surface area contributed by atoms with Crippen LogP contribution in [0.2, 0.25) is 0 Å². The van der Waals surface area contributed by atoms with Gasteiger partial charge in [0.2, 0.25) is 5.91 Å². The fourth-order valence-electron chi connectivity index (χ4n) is 3.07. The smallest absolute Gasteiger partial charge is 0.269 e. The van der Waals surface area contributed by atoms with Gasteiger partial charge < -0.3 is 9.32 Å². The van der Waals surface area contributed by atoms with Crippen LogP contribution in [0.25, 0.3) is 11.1 Å². The molecule has 7 nitrogen and oxygen atoms in total. The molecule has 0 saturated carbocycles. The Bertz CT molecular complexity index is 968. The summed E-state index contributed by atoms with van der Waals surface area (Å²) in [5.41, 5.74) is 3.10. The molecule has 8 heteroatoms. The Hall–Kier alpha value is -2.87. The maximum atomic E-state index is 12.7. The van der Waals surface area contributed by atoms with E-state index < -0.39 is 4.92 Å². The van der Waals surface area contributed by atoms with Crippen molar-refractivity contribution in [3.63, 3.8) is 0 Å². The molecule has 0 atom stereocenters. The number of aryl methyl sites for hydroxylation is 1. The molecule has 0 aliphatic carbocycles. The van der Waals surface area contributed by atoms with Crippen molar-refractivity contribution in [2.24, 2.45) is 0 Å². The number of nitro benzene ring substituents is 1. The molecule has 0 fully saturated rings. The lowest BCUT2D eigenvalue weighted by atomic mass is 10.0. The quantitative estimate of drug-likeness (QED) is 0.395. The summed E-state index contributed by atoms with van der Waals surface area (Å²) in [6, 6.07) is 12.1. The van der Waals surface area contributed by atoms with E-state index in [0.717, 1.165) is 29.6 Å². The van der Waals surface area contributed by atoms with Crippen LogP contribution in [0.4, 0.5) is 11.4 Å². The average Bonchev–Trinajstić information content (AvgIpc) is 3.08. The summed E-state index contributed by atoms with van der Waals surface area (Å²) >= 11 is 1.25. The zero-order chi connectivity index (χ0) is 18.1. The topological polar surface area (TPSA) is 89.5 Å². The monoisotopic (exact) mass is 369 g/mol. The molecular weight excluding hydrogens is 354 g/mol. The minimum absolute atomic E-state index is 0.0545. The van der Waals surface area contributed by atoms with E-state index in [9.17, 15) is 14.9 Å². The van der Waals surface area contributed by atoms with Gasteiger partial charge in [0.15, 0.2) is 5.58 Å². The van der Waals surface area contributed by atoms with E-state index in [-0.39, 0.29) is 17.3 Å². The maximum Gasteiger partial charge on any atom is 0.269 e. The molecule has 0 radical (unpaired) electrons. The van der Waals surface area contributed by atoms with Crippen molar-refractivity contribution in [3.05, 3.63) is 58.1 Å². The number of amides is 1. The molecule has 1 aromatic heterocycles. The van der Waals surface area contributed by atoms with Gasteiger partial charge in [-0.25, -0.2) is 4.98 Å². The summed E-state index contributed by atoms with van der Waals surface area (Å²) in [7, 11) is 0. The first kappa shape index (κ1) is 16.6. The predicted molar refractivity (Wildman–Crippen MR) is 98.5 cm³/mol. The fraction of sp³-hybridized carbons (Fsp3) is 0.222. The minimum atomic E-state index is -0.413. The van der Waals surface area contributed by atoms with Crippen LogP contribution in [-0.2, 0) is 11.2 Å². The Kier molecular flexibility index (Phi) is 4.34. The number of para-hydroxylation sites is 2. The summed E-state index contributed by atoms with van der Waals surface area (Å²) in [5, 5.41) is 11.4. The maximum absolute atomic E-state index is 12.7. The SMILES string of the molecule is O=C(CSc1nc2ccccc2o1)N1CCCc2cc([N+](=O)[O-])ccc21. The molecule has 1 amide bonds. The lowest BCUT2D eigenvalue weighted by molar-refractivity contribution is -0.384. The number of carbonyl (C=O) groups excluding carboxylic acids is 1. The number of fused-ring (bicyclic) bond motifs is 2. The first-order valence-corrected chi connectivity index (χ1v) is 9.16. The molecule has 1 aliphatic heterocycles. The molecule has 132 valence electrons. The van der Waals surface area contributed by atoms with Gasteiger partial charge in [-0.05, 0) is 36.6 Å². The van der Waals surface area contributed by atoms with Gasteiger partial charge in [-0.1, -0.05) is 23.9 Å². The summed E-state index contributed by atoms with van der Waals surface area (Å²) in [4.78, 5) is 29.2. The standard InChI is InChI=1S/C18H15N3O4S/c22-17(11-26-18-19-14-5-1-2-6-16(14)25-18)20-9-3-4-12-10-13(21(23)24)7-8-15(12)20/h1-2,5-8,10H,3-4,9,11H2. The minimum Gasteiger partial charge on any atom is -0.431 e. The highest BCUT2D eigenvalue weighted by Gasteiger charge is 2.24. The molecule has 2 heterocycles. The number of oxazole rings is 1. The summed E-state index contributed by atoms with van der Waals surface area (Å²) in [6.07, 6.45) is 1.52. The van der Waals surface area contributed by atoms with Crippen molar-refractivity contribution < 1.29 is 14.1 Å². The van der Waals surface area contributed by atoms with E-state index in [1.807, 2.05) is 24.3 Å². The second-order valence-electron chi connectivity index (χ2n) is 5.96. The molecule has 0 spiro atoms. The Morgan fingerprint density at radius 3 is 2.96 bits per heavy atom. The highest BCUT2D eigenvalue weighted by Crippen LogP contribution is 2.31. The molecule has 0 saturated heterocycles. The summed E-state index contributed by atoms with van der Waals surface area (Å²) in [6.45, 7) is 0.609. The third-order valence-electron chi connectivity index (χ3n) is 4.29. The largest absolute Gasteiger partial charge is 0.431 e. The van der Waals surface area contributed by atoms with E-state index in [1.165, 1.54) is 17.8 Å². The Morgan fingerprint density at radius 2 is 2.15 bits per heavy atom. The number of aromatic nitrogens is 1. The Morgan fingerprint density at radius 1 is 1.31 bits per heavy atom. The van der Waals surface area contributed by atoms with Crippen molar-refractivity contribution >= 4 is 40.1 Å². The first-order chi connectivity index (χ1) is 12.6. The molecule has 4 rings (SSSR count). The average molecular weight is 369 g/mol. The van der Waals surface area contributed by atoms with Crippen LogP contribution in [0.3, 0.4) is 0 Å². The van der Waals surface area contributed by atoms with E-state index in [2.05, 4.69) is 4.98 Å². The highest BCUT2D eigenvalue weighted by atomic mass is 32.2. The number of rotatable bonds is 4. The van der Waals surface area contributed by atoms with Crippen LogP contribution in [0, 0.1) is 10.1 Å². The second-order valence-corrected chi connectivity index (χ2v) is 6.88. The van der Waals surface area contributed by atoms with Crippen LogP contribution in [-0.4, -0.2) is 28.1 Å². The zero-order valence-corrected chi connectivity index (χ0v) is 14.6. The second kappa shape index (κ2) is 6.80. The van der Waals surface area contributed by atoms with Crippen molar-refractivity contribution in [1.82, 2.24) is 4.98 Å². The number of nitrogens with zero attached hydrogens (tertiary/aromatic N) is 3. The van der Waals surface area contributed by atoms with Crippen LogP contribution in [0.1, 0.15) is 12.0 Å². The highest BCUT2D eigenvalue weighted by molar-refractivity contribution is 7.99. The lowest BCUT2D eigenvalue weighted by Gasteiger charge is -2.29. The van der Waals surface area contributed by atoms with E-state index in [0.29, 0.717) is 17.4 Å². The van der Waals surface area contributed by atoms with Gasteiger partial charge in [0.05, 0.1) is 10.7 Å². The number of anilines is 1. The number of carbonyl (C=O) groups is 1. The molecule has 0 N–H and O–H groups in total. The summed E-state index contributed by atoms with van der Waals surface area (Å²) in [5.74, 6) is 0.135. The van der Waals surface area contributed by atoms with Gasteiger partial charge in [-0.2, -0.15) is 0 Å². The van der Waals surface area contributed by atoms with Gasteiger partial charge in [-0.15, -0.1) is 0 Å². The molecule has 3 aromatic rings. The van der Waals surface area contributed by atoms with Gasteiger partial charge in [0.25, 0.3) is 10.9 Å². The fourth-order valence-corrected chi connectivity index (χ4v) is 3.78. The number of nitro groups is 1. The number of hydrogen-bond acceptors (Lipinski definition) is 6. The molecule has 26 heavy (non-hydrogen) atoms. The third-order valence-corrected chi connectivity index (χ3v) is 5.10. The molecule has 0 unspecified atom stereocenters. The van der Waals surface area contributed by atoms with Crippen molar-refractivity contribution in [3.8, 4) is 0 Å². The van der Waals surface area contributed by atoms with Gasteiger partial charge in [0.1, 0.15) is 5.52 Å². The number of benzene rings is 2. The van der Waals surface area contributed by atoms with Crippen LogP contribution >= 0.6 is 11.8 Å². The molecule has 0 bridgehead atoms. The van der Waals surface area contributed by atoms with Crippen molar-refractivity contribution in [2.45, 2.75) is 18.1 Å². The number of thioether (sulfide) groups is 1. The molecule has 2 aromatic carbocycles. The number of hydrogen-bond donors (Lipinski definition) is 0. The van der Waals surface area contributed by atoms with E-state index in [4.69, 9.17) is 4.42 Å². The molecular formula is C18H15N3O4S. The Labute approximate surface area is 153 Å². The van der Waals surface area contributed by atoms with E-state index in [1.54, 1.807) is 17.0 Å². The van der Waals surface area contributed by atoms with Crippen molar-refractivity contribution in [2.75, 3.05) is 17.2 Å². The summed E-state index contributed by atoms with van der Waals surface area (Å²) < 4.78 is 5.62. The van der Waals surface area contributed by atoms with E-state index >= 15 is 0 Å². The van der Waals surface area contributed by atoms with Gasteiger partial charge in [0, 0.05) is 24.4 Å². The van der Waals surface area contributed by atoms with Crippen LogP contribution < -0.4 is 4.90 Å². The zero-order valence-electron chi connectivity index (χ0n) is 13.8.